The molecule has 0 bridgehead atoms. The smallest absolute Gasteiger partial charge is 0.263 e. The fourth-order valence-corrected chi connectivity index (χ4v) is 3.79. The average Bonchev–Trinajstić information content (AvgIpc) is 3.20. The lowest BCUT2D eigenvalue weighted by Gasteiger charge is -2.24. The minimum atomic E-state index is -0.191. The average molecular weight is 414 g/mol. The Labute approximate surface area is 170 Å². The molecule has 7 nitrogen and oxygen atoms in total. The highest BCUT2D eigenvalue weighted by Gasteiger charge is 2.29. The highest BCUT2D eigenvalue weighted by molar-refractivity contribution is 5.95. The topological polar surface area (TPSA) is 83.0 Å². The Hall–Kier alpha value is -1.83. The molecule has 2 aliphatic rings. The van der Waals surface area contributed by atoms with E-state index in [0.29, 0.717) is 31.1 Å². The SMILES string of the molecule is Cc1ccn(CC2CCCNC2)c(=O)c1C(=O)N1Cc2cn[nH]c2C1.Cl.Cl. The molecule has 0 radical (unpaired) electrons. The first-order valence-corrected chi connectivity index (χ1v) is 8.84. The number of piperidine rings is 1. The molecule has 1 amide bonds. The van der Waals surface area contributed by atoms with Crippen molar-refractivity contribution < 1.29 is 4.79 Å². The van der Waals surface area contributed by atoms with E-state index < -0.39 is 0 Å². The first-order chi connectivity index (χ1) is 12.1. The molecule has 0 aromatic carbocycles. The van der Waals surface area contributed by atoms with Gasteiger partial charge in [0.25, 0.3) is 11.5 Å². The van der Waals surface area contributed by atoms with Crippen molar-refractivity contribution >= 4 is 30.7 Å². The standard InChI is InChI=1S/C18H23N5O2.2ClH/c1-12-4-6-22(9-13-3-2-5-19-7-13)17(24)16(12)18(25)23-10-14-8-20-21-15(14)11-23;;/h4,6,8,13,19H,2-3,5,7,9-11H2,1H3,(H,20,21);2*1H. The number of aryl methyl sites for hydroxylation is 1. The second kappa shape index (κ2) is 8.91. The summed E-state index contributed by atoms with van der Waals surface area (Å²) in [7, 11) is 0. The van der Waals surface area contributed by atoms with Crippen LogP contribution in [0.2, 0.25) is 0 Å². The van der Waals surface area contributed by atoms with Gasteiger partial charge in [-0.15, -0.1) is 24.8 Å². The van der Waals surface area contributed by atoms with Gasteiger partial charge in [0, 0.05) is 24.8 Å². The first kappa shape index (κ1) is 21.5. The third-order valence-corrected chi connectivity index (χ3v) is 5.25. The van der Waals surface area contributed by atoms with Crippen LogP contribution in [0.1, 0.15) is 40.0 Å². The lowest BCUT2D eigenvalue weighted by atomic mass is 9.99. The second-order valence-corrected chi connectivity index (χ2v) is 7.08. The molecule has 2 aliphatic heterocycles. The molecule has 2 N–H and O–H groups in total. The normalized spacial score (nSPS) is 18.4. The molecule has 4 rings (SSSR count). The maximum absolute atomic E-state index is 13.0. The minimum Gasteiger partial charge on any atom is -0.328 e. The van der Waals surface area contributed by atoms with Crippen LogP contribution >= 0.6 is 24.8 Å². The molecule has 27 heavy (non-hydrogen) atoms. The number of pyridine rings is 1. The molecule has 2 aromatic rings. The molecular weight excluding hydrogens is 389 g/mol. The Balaban J connectivity index is 0.00000131. The summed E-state index contributed by atoms with van der Waals surface area (Å²) in [5.41, 5.74) is 2.83. The summed E-state index contributed by atoms with van der Waals surface area (Å²) >= 11 is 0. The maximum Gasteiger partial charge on any atom is 0.263 e. The Morgan fingerprint density at radius 2 is 2.15 bits per heavy atom. The number of nitrogens with zero attached hydrogens (tertiary/aromatic N) is 3. The lowest BCUT2D eigenvalue weighted by molar-refractivity contribution is 0.0746. The molecule has 1 fully saturated rings. The molecule has 1 unspecified atom stereocenters. The number of aromatic nitrogens is 3. The van der Waals surface area contributed by atoms with Gasteiger partial charge in [0.05, 0.1) is 18.4 Å². The third kappa shape index (κ3) is 4.20. The van der Waals surface area contributed by atoms with Crippen LogP contribution in [0.25, 0.3) is 0 Å². The number of halogens is 2. The Morgan fingerprint density at radius 1 is 1.33 bits per heavy atom. The summed E-state index contributed by atoms with van der Waals surface area (Å²) in [5.74, 6) is 0.248. The summed E-state index contributed by atoms with van der Waals surface area (Å²) in [5, 5.41) is 10.3. The molecule has 148 valence electrons. The van der Waals surface area contributed by atoms with Crippen LogP contribution < -0.4 is 10.9 Å². The van der Waals surface area contributed by atoms with Crippen molar-refractivity contribution in [1.29, 1.82) is 0 Å². The van der Waals surface area contributed by atoms with Crippen LogP contribution in [0.15, 0.2) is 23.3 Å². The van der Waals surface area contributed by atoms with E-state index in [2.05, 4.69) is 15.5 Å². The quantitative estimate of drug-likeness (QED) is 0.804. The minimum absolute atomic E-state index is 0. The number of hydrogen-bond donors (Lipinski definition) is 2. The van der Waals surface area contributed by atoms with Crippen LogP contribution in [-0.4, -0.2) is 38.7 Å². The van der Waals surface area contributed by atoms with E-state index in [0.717, 1.165) is 42.8 Å². The molecule has 0 aliphatic carbocycles. The van der Waals surface area contributed by atoms with Gasteiger partial charge < -0.3 is 14.8 Å². The van der Waals surface area contributed by atoms with Crippen LogP contribution in [0.4, 0.5) is 0 Å². The van der Waals surface area contributed by atoms with Gasteiger partial charge in [0.2, 0.25) is 0 Å². The number of amides is 1. The second-order valence-electron chi connectivity index (χ2n) is 7.08. The van der Waals surface area contributed by atoms with Gasteiger partial charge in [-0.25, -0.2) is 0 Å². The van der Waals surface area contributed by atoms with Crippen molar-refractivity contribution in [3.8, 4) is 0 Å². The highest BCUT2D eigenvalue weighted by atomic mass is 35.5. The summed E-state index contributed by atoms with van der Waals surface area (Å²) in [6.45, 7) is 5.46. The number of carbonyl (C=O) groups is 1. The number of carbonyl (C=O) groups excluding carboxylic acids is 1. The monoisotopic (exact) mass is 413 g/mol. The van der Waals surface area contributed by atoms with E-state index >= 15 is 0 Å². The van der Waals surface area contributed by atoms with E-state index in [1.165, 1.54) is 0 Å². The van der Waals surface area contributed by atoms with E-state index in [1.807, 2.05) is 19.2 Å². The molecule has 0 spiro atoms. The van der Waals surface area contributed by atoms with Gasteiger partial charge in [-0.05, 0) is 50.4 Å². The number of hydrogen-bond acceptors (Lipinski definition) is 4. The molecule has 4 heterocycles. The highest BCUT2D eigenvalue weighted by Crippen LogP contribution is 2.22. The predicted octanol–water partition coefficient (Wildman–Crippen LogP) is 1.88. The Kier molecular flexibility index (Phi) is 7.08. The van der Waals surface area contributed by atoms with Crippen LogP contribution in [0.3, 0.4) is 0 Å². The van der Waals surface area contributed by atoms with Crippen molar-refractivity contribution in [2.45, 2.75) is 39.4 Å². The summed E-state index contributed by atoms with van der Waals surface area (Å²) in [6, 6.07) is 1.88. The van der Waals surface area contributed by atoms with Crippen molar-refractivity contribution in [3.05, 3.63) is 51.2 Å². The molecule has 2 aromatic heterocycles. The van der Waals surface area contributed by atoms with Gasteiger partial charge >= 0.3 is 0 Å². The van der Waals surface area contributed by atoms with Crippen molar-refractivity contribution in [2.75, 3.05) is 13.1 Å². The van der Waals surface area contributed by atoms with Crippen LogP contribution in [-0.2, 0) is 19.6 Å². The van der Waals surface area contributed by atoms with E-state index in [9.17, 15) is 9.59 Å². The zero-order chi connectivity index (χ0) is 17.4. The van der Waals surface area contributed by atoms with Gasteiger partial charge in [0.1, 0.15) is 5.56 Å². The van der Waals surface area contributed by atoms with Crippen molar-refractivity contribution in [3.63, 3.8) is 0 Å². The number of nitrogens with one attached hydrogen (secondary N) is 2. The number of aromatic amines is 1. The maximum atomic E-state index is 13.0. The van der Waals surface area contributed by atoms with Crippen LogP contribution in [0.5, 0.6) is 0 Å². The van der Waals surface area contributed by atoms with Gasteiger partial charge in [-0.3, -0.25) is 14.7 Å². The molecule has 1 saturated heterocycles. The first-order valence-electron chi connectivity index (χ1n) is 8.84. The zero-order valence-corrected chi connectivity index (χ0v) is 16.9. The predicted molar refractivity (Wildman–Crippen MR) is 108 cm³/mol. The van der Waals surface area contributed by atoms with Gasteiger partial charge in [-0.1, -0.05) is 0 Å². The van der Waals surface area contributed by atoms with Crippen LogP contribution in [0, 0.1) is 12.8 Å². The van der Waals surface area contributed by atoms with Crippen molar-refractivity contribution in [1.82, 2.24) is 25.0 Å². The fraction of sp³-hybridized carbons (Fsp3) is 0.500. The molecular formula is C18H25Cl2N5O2. The van der Waals surface area contributed by atoms with E-state index in [1.54, 1.807) is 15.7 Å². The zero-order valence-electron chi connectivity index (χ0n) is 15.2. The van der Waals surface area contributed by atoms with Gasteiger partial charge in [0.15, 0.2) is 0 Å². The Morgan fingerprint density at radius 3 is 2.85 bits per heavy atom. The summed E-state index contributed by atoms with van der Waals surface area (Å²) < 4.78 is 1.70. The molecule has 1 atom stereocenters. The van der Waals surface area contributed by atoms with Crippen molar-refractivity contribution in [2.24, 2.45) is 5.92 Å². The number of rotatable bonds is 3. The molecule has 9 heteroatoms. The third-order valence-electron chi connectivity index (χ3n) is 5.25. The lowest BCUT2D eigenvalue weighted by Crippen LogP contribution is -2.38. The fourth-order valence-electron chi connectivity index (χ4n) is 3.79. The summed E-state index contributed by atoms with van der Waals surface area (Å²) in [4.78, 5) is 27.6. The number of fused-ring (bicyclic) bond motifs is 1. The van der Waals surface area contributed by atoms with E-state index in [-0.39, 0.29) is 36.3 Å². The molecule has 0 saturated carbocycles. The largest absolute Gasteiger partial charge is 0.328 e. The number of H-pyrrole nitrogens is 1. The Bertz CT molecular complexity index is 837. The van der Waals surface area contributed by atoms with Gasteiger partial charge in [-0.2, -0.15) is 5.10 Å². The summed E-state index contributed by atoms with van der Waals surface area (Å²) in [6.07, 6.45) is 5.81. The van der Waals surface area contributed by atoms with E-state index in [4.69, 9.17) is 0 Å².